The molecule has 0 saturated heterocycles. The van der Waals surface area contributed by atoms with Crippen LogP contribution in [0.4, 0.5) is 0 Å². The van der Waals surface area contributed by atoms with Gasteiger partial charge in [-0.1, -0.05) is 17.7 Å². The average molecular weight is 326 g/mol. The number of carbonyl (C=O) groups is 1. The van der Waals surface area contributed by atoms with Crippen molar-refractivity contribution in [3.63, 3.8) is 0 Å². The Labute approximate surface area is 129 Å². The van der Waals surface area contributed by atoms with Gasteiger partial charge in [-0.2, -0.15) is 8.42 Å². The fourth-order valence-electron chi connectivity index (χ4n) is 3.36. The van der Waals surface area contributed by atoms with Crippen LogP contribution in [0.25, 0.3) is 0 Å². The molecule has 1 aromatic carbocycles. The van der Waals surface area contributed by atoms with E-state index in [0.717, 1.165) is 5.56 Å². The molecule has 0 bridgehead atoms. The Balaban J connectivity index is 1.76. The first-order valence-corrected chi connectivity index (χ1v) is 8.52. The van der Waals surface area contributed by atoms with Gasteiger partial charge in [0.05, 0.1) is 30.1 Å². The number of methoxy groups -OCH3 is 1. The summed E-state index contributed by atoms with van der Waals surface area (Å²) in [5, 5.41) is 9.95. The van der Waals surface area contributed by atoms with Gasteiger partial charge >= 0.3 is 5.97 Å². The van der Waals surface area contributed by atoms with Crippen LogP contribution in [0.1, 0.15) is 12.0 Å². The number of fused-ring (bicyclic) bond motifs is 1. The zero-order valence-corrected chi connectivity index (χ0v) is 13.1. The van der Waals surface area contributed by atoms with Gasteiger partial charge in [-0.15, -0.1) is 0 Å². The predicted octanol–water partition coefficient (Wildman–Crippen LogP) is 0.869. The van der Waals surface area contributed by atoms with Crippen LogP contribution >= 0.6 is 0 Å². The minimum atomic E-state index is -3.91. The number of hydrogen-bond acceptors (Lipinski definition) is 6. The number of aliphatic hydroxyl groups excluding tert-OH is 1. The molecule has 0 unspecified atom stereocenters. The molecule has 6 nitrogen and oxygen atoms in total. The predicted molar refractivity (Wildman–Crippen MR) is 76.3 cm³/mol. The van der Waals surface area contributed by atoms with Gasteiger partial charge in [0.2, 0.25) is 0 Å². The van der Waals surface area contributed by atoms with E-state index in [1.165, 1.54) is 19.2 Å². The first-order valence-electron chi connectivity index (χ1n) is 7.11. The third-order valence-corrected chi connectivity index (χ3v) is 5.86. The van der Waals surface area contributed by atoms with E-state index in [1.807, 2.05) is 6.92 Å². The number of hydrogen-bond donors (Lipinski definition) is 1. The molecule has 0 aromatic heterocycles. The summed E-state index contributed by atoms with van der Waals surface area (Å²) in [6.45, 7) is 1.86. The van der Waals surface area contributed by atoms with Crippen molar-refractivity contribution in [2.24, 2.45) is 17.8 Å². The normalized spacial score (nSPS) is 33.3. The topological polar surface area (TPSA) is 89.9 Å². The Bertz CT molecular complexity index is 680. The molecule has 3 rings (SSSR count). The number of esters is 1. The SMILES string of the molecule is COC(=O)[C@@H]1[C@@H]2[C@H]1[C@@H](OS(=O)(=O)c1ccc(C)cc1)C[C@H]2O. The lowest BCUT2D eigenvalue weighted by atomic mass is 10.1. The van der Waals surface area contributed by atoms with Crippen LogP contribution in [0.2, 0.25) is 0 Å². The van der Waals surface area contributed by atoms with Gasteiger partial charge in [-0.25, -0.2) is 0 Å². The van der Waals surface area contributed by atoms with Crippen molar-refractivity contribution in [2.75, 3.05) is 7.11 Å². The summed E-state index contributed by atoms with van der Waals surface area (Å²) in [6.07, 6.45) is -1.20. The minimum Gasteiger partial charge on any atom is -0.469 e. The Morgan fingerprint density at radius 3 is 2.45 bits per heavy atom. The molecule has 1 N–H and O–H groups in total. The number of aliphatic hydroxyl groups is 1. The van der Waals surface area contributed by atoms with E-state index in [4.69, 9.17) is 4.18 Å². The highest BCUT2D eigenvalue weighted by Crippen LogP contribution is 2.59. The first kappa shape index (κ1) is 15.5. The van der Waals surface area contributed by atoms with E-state index in [2.05, 4.69) is 4.74 Å². The lowest BCUT2D eigenvalue weighted by Gasteiger charge is -2.16. The monoisotopic (exact) mass is 326 g/mol. The third kappa shape index (κ3) is 2.53. The standard InChI is InChI=1S/C15H18O6S/c1-8-3-5-9(6-4-8)22(18,19)21-11-7-10(16)12-13(11)14(12)15(17)20-2/h3-6,10-14,16H,7H2,1-2H3/t10-,11+,12+,13-,14-/m1/s1. The molecule has 0 radical (unpaired) electrons. The molecular weight excluding hydrogens is 308 g/mol. The fraction of sp³-hybridized carbons (Fsp3) is 0.533. The molecule has 0 heterocycles. The summed E-state index contributed by atoms with van der Waals surface area (Å²) >= 11 is 0. The molecule has 0 amide bonds. The Morgan fingerprint density at radius 2 is 1.86 bits per heavy atom. The largest absolute Gasteiger partial charge is 0.469 e. The number of rotatable bonds is 4. The zero-order chi connectivity index (χ0) is 16.1. The second kappa shape index (κ2) is 5.33. The van der Waals surface area contributed by atoms with E-state index in [0.29, 0.717) is 0 Å². The van der Waals surface area contributed by atoms with Gasteiger partial charge in [0.15, 0.2) is 0 Å². The molecule has 2 aliphatic rings. The van der Waals surface area contributed by atoms with Crippen LogP contribution in [0, 0.1) is 24.7 Å². The van der Waals surface area contributed by atoms with Gasteiger partial charge in [0.25, 0.3) is 10.1 Å². The van der Waals surface area contributed by atoms with Gasteiger partial charge in [-0.3, -0.25) is 8.98 Å². The summed E-state index contributed by atoms with van der Waals surface area (Å²) in [5.74, 6) is -1.43. The molecule has 7 heteroatoms. The van der Waals surface area contributed by atoms with Gasteiger partial charge in [-0.05, 0) is 19.1 Å². The van der Waals surface area contributed by atoms with Crippen LogP contribution < -0.4 is 0 Å². The molecule has 1 aromatic rings. The summed E-state index contributed by atoms with van der Waals surface area (Å²) in [5.41, 5.74) is 0.947. The Kier molecular flexibility index (Phi) is 3.74. The van der Waals surface area contributed by atoms with Crippen molar-refractivity contribution in [3.05, 3.63) is 29.8 Å². The number of ether oxygens (including phenoxy) is 1. The van der Waals surface area contributed by atoms with Crippen molar-refractivity contribution >= 4 is 16.1 Å². The maximum atomic E-state index is 12.3. The summed E-state index contributed by atoms with van der Waals surface area (Å²) in [7, 11) is -2.63. The van der Waals surface area contributed by atoms with Gasteiger partial charge in [0, 0.05) is 18.3 Å². The van der Waals surface area contributed by atoms with Crippen molar-refractivity contribution < 1.29 is 27.2 Å². The van der Waals surface area contributed by atoms with Crippen LogP contribution in [0.15, 0.2) is 29.2 Å². The lowest BCUT2D eigenvalue weighted by Crippen LogP contribution is -2.25. The highest BCUT2D eigenvalue weighted by atomic mass is 32.2. The number of carbonyl (C=O) groups excluding carboxylic acids is 1. The fourth-order valence-corrected chi connectivity index (χ4v) is 4.48. The highest BCUT2D eigenvalue weighted by Gasteiger charge is 2.67. The van der Waals surface area contributed by atoms with E-state index < -0.39 is 34.2 Å². The number of benzene rings is 1. The Hall–Kier alpha value is -1.44. The summed E-state index contributed by atoms with van der Waals surface area (Å²) in [6, 6.07) is 6.35. The molecule has 0 aliphatic heterocycles. The average Bonchev–Trinajstić information content (AvgIpc) is 3.14. The molecule has 0 spiro atoms. The van der Waals surface area contributed by atoms with Gasteiger partial charge in [0.1, 0.15) is 0 Å². The van der Waals surface area contributed by atoms with Crippen molar-refractivity contribution in [2.45, 2.75) is 30.4 Å². The smallest absolute Gasteiger partial charge is 0.309 e. The second-order valence-electron chi connectivity index (χ2n) is 5.91. The van der Waals surface area contributed by atoms with Gasteiger partial charge < -0.3 is 9.84 Å². The van der Waals surface area contributed by atoms with Crippen LogP contribution in [-0.4, -0.2) is 38.8 Å². The van der Waals surface area contributed by atoms with E-state index in [1.54, 1.807) is 12.1 Å². The minimum absolute atomic E-state index is 0.0753. The van der Waals surface area contributed by atoms with Crippen LogP contribution in [-0.2, 0) is 23.8 Å². The Morgan fingerprint density at radius 1 is 1.23 bits per heavy atom. The summed E-state index contributed by atoms with van der Waals surface area (Å²) in [4.78, 5) is 11.7. The van der Waals surface area contributed by atoms with Crippen molar-refractivity contribution in [1.82, 2.24) is 0 Å². The van der Waals surface area contributed by atoms with Crippen LogP contribution in [0.3, 0.4) is 0 Å². The quantitative estimate of drug-likeness (QED) is 0.652. The summed E-state index contributed by atoms with van der Waals surface area (Å²) < 4.78 is 34.6. The molecule has 22 heavy (non-hydrogen) atoms. The lowest BCUT2D eigenvalue weighted by molar-refractivity contribution is -0.144. The molecule has 120 valence electrons. The van der Waals surface area contributed by atoms with E-state index in [9.17, 15) is 18.3 Å². The van der Waals surface area contributed by atoms with E-state index >= 15 is 0 Å². The molecular formula is C15H18O6S. The molecule has 2 saturated carbocycles. The zero-order valence-electron chi connectivity index (χ0n) is 12.3. The number of aryl methyl sites for hydroxylation is 1. The third-order valence-electron chi connectivity index (χ3n) is 4.51. The highest BCUT2D eigenvalue weighted by molar-refractivity contribution is 7.86. The molecule has 5 atom stereocenters. The molecule has 2 aliphatic carbocycles. The maximum Gasteiger partial charge on any atom is 0.309 e. The maximum absolute atomic E-state index is 12.3. The van der Waals surface area contributed by atoms with Crippen molar-refractivity contribution in [3.8, 4) is 0 Å². The molecule has 2 fully saturated rings. The van der Waals surface area contributed by atoms with Crippen molar-refractivity contribution in [1.29, 1.82) is 0 Å². The second-order valence-corrected chi connectivity index (χ2v) is 7.48. The van der Waals surface area contributed by atoms with E-state index in [-0.39, 0.29) is 23.2 Å². The van der Waals surface area contributed by atoms with Crippen LogP contribution in [0.5, 0.6) is 0 Å². The first-order chi connectivity index (χ1) is 10.3.